The average molecular weight is 297 g/mol. The fourth-order valence-corrected chi connectivity index (χ4v) is 2.18. The van der Waals surface area contributed by atoms with E-state index in [0.29, 0.717) is 18.7 Å². The van der Waals surface area contributed by atoms with E-state index < -0.39 is 5.97 Å². The molecule has 6 heteroatoms. The molecule has 0 aromatic carbocycles. The Kier molecular flexibility index (Phi) is 7.60. The second kappa shape index (κ2) is 9.28. The molecule has 1 rings (SSSR count). The van der Waals surface area contributed by atoms with Crippen molar-refractivity contribution in [1.29, 1.82) is 0 Å². The van der Waals surface area contributed by atoms with Crippen LogP contribution in [-0.2, 0) is 9.53 Å². The quantitative estimate of drug-likeness (QED) is 0.542. The van der Waals surface area contributed by atoms with E-state index >= 15 is 0 Å². The SMILES string of the molecule is CCCCOCCNC(=O)c1csc(C=CC(=O)O)c1. The van der Waals surface area contributed by atoms with Crippen LogP contribution < -0.4 is 5.32 Å². The Morgan fingerprint density at radius 3 is 2.95 bits per heavy atom. The molecule has 20 heavy (non-hydrogen) atoms. The Labute approximate surface area is 122 Å². The van der Waals surface area contributed by atoms with Gasteiger partial charge in [0.1, 0.15) is 0 Å². The standard InChI is InChI=1S/C14H19NO4S/c1-2-3-7-19-8-6-15-14(18)11-9-12(20-10-11)4-5-13(16)17/h4-5,9-10H,2-3,6-8H2,1H3,(H,15,18)(H,16,17). The zero-order valence-electron chi connectivity index (χ0n) is 11.4. The lowest BCUT2D eigenvalue weighted by atomic mass is 10.3. The first-order valence-corrected chi connectivity index (χ1v) is 7.37. The van der Waals surface area contributed by atoms with E-state index in [1.165, 1.54) is 17.4 Å². The second-order valence-electron chi connectivity index (χ2n) is 4.13. The highest BCUT2D eigenvalue weighted by atomic mass is 32.1. The van der Waals surface area contributed by atoms with Gasteiger partial charge in [0, 0.05) is 29.5 Å². The van der Waals surface area contributed by atoms with E-state index in [4.69, 9.17) is 9.84 Å². The number of carboxylic acids is 1. The number of carbonyl (C=O) groups excluding carboxylic acids is 1. The Morgan fingerprint density at radius 2 is 2.25 bits per heavy atom. The molecule has 0 unspecified atom stereocenters. The molecular formula is C14H19NO4S. The Hall–Kier alpha value is -1.66. The molecule has 0 aliphatic rings. The summed E-state index contributed by atoms with van der Waals surface area (Å²) in [6, 6.07) is 1.66. The molecule has 0 atom stereocenters. The molecule has 0 aliphatic carbocycles. The van der Waals surface area contributed by atoms with Crippen LogP contribution in [0.15, 0.2) is 17.5 Å². The molecule has 110 valence electrons. The van der Waals surface area contributed by atoms with Crippen molar-refractivity contribution in [3.8, 4) is 0 Å². The van der Waals surface area contributed by atoms with Crippen molar-refractivity contribution in [1.82, 2.24) is 5.32 Å². The zero-order valence-corrected chi connectivity index (χ0v) is 12.2. The molecule has 1 amide bonds. The number of thiophene rings is 1. The lowest BCUT2D eigenvalue weighted by Gasteiger charge is -2.04. The van der Waals surface area contributed by atoms with Crippen LogP contribution in [0, 0.1) is 0 Å². The van der Waals surface area contributed by atoms with Crippen molar-refractivity contribution >= 4 is 29.3 Å². The van der Waals surface area contributed by atoms with Crippen LogP contribution >= 0.6 is 11.3 Å². The third kappa shape index (κ3) is 6.49. The van der Waals surface area contributed by atoms with Crippen molar-refractivity contribution in [2.45, 2.75) is 19.8 Å². The van der Waals surface area contributed by atoms with E-state index in [2.05, 4.69) is 12.2 Å². The van der Waals surface area contributed by atoms with E-state index in [0.717, 1.165) is 30.4 Å². The van der Waals surface area contributed by atoms with Gasteiger partial charge in [0.2, 0.25) is 0 Å². The van der Waals surface area contributed by atoms with Gasteiger partial charge < -0.3 is 15.2 Å². The smallest absolute Gasteiger partial charge is 0.328 e. The van der Waals surface area contributed by atoms with Crippen LogP contribution in [0.2, 0.25) is 0 Å². The molecule has 0 saturated heterocycles. The summed E-state index contributed by atoms with van der Waals surface area (Å²) < 4.78 is 5.34. The summed E-state index contributed by atoms with van der Waals surface area (Å²) in [6.07, 6.45) is 4.64. The maximum Gasteiger partial charge on any atom is 0.328 e. The molecule has 0 fully saturated rings. The first-order valence-electron chi connectivity index (χ1n) is 6.49. The summed E-state index contributed by atoms with van der Waals surface area (Å²) in [5.74, 6) is -1.18. The van der Waals surface area contributed by atoms with E-state index in [-0.39, 0.29) is 5.91 Å². The minimum Gasteiger partial charge on any atom is -0.478 e. The Balaban J connectivity index is 2.31. The van der Waals surface area contributed by atoms with Gasteiger partial charge in [0.15, 0.2) is 0 Å². The predicted molar refractivity (Wildman–Crippen MR) is 79.0 cm³/mol. The van der Waals surface area contributed by atoms with Crippen LogP contribution in [-0.4, -0.2) is 36.7 Å². The summed E-state index contributed by atoms with van der Waals surface area (Å²) in [6.45, 7) is 3.79. The van der Waals surface area contributed by atoms with E-state index in [9.17, 15) is 9.59 Å². The summed E-state index contributed by atoms with van der Waals surface area (Å²) in [7, 11) is 0. The van der Waals surface area contributed by atoms with Crippen molar-refractivity contribution in [3.05, 3.63) is 28.0 Å². The number of hydrogen-bond acceptors (Lipinski definition) is 4. The van der Waals surface area contributed by atoms with Gasteiger partial charge in [-0.3, -0.25) is 4.79 Å². The van der Waals surface area contributed by atoms with Gasteiger partial charge in [0.05, 0.1) is 12.2 Å². The lowest BCUT2D eigenvalue weighted by Crippen LogP contribution is -2.26. The first-order chi connectivity index (χ1) is 9.63. The molecule has 2 N–H and O–H groups in total. The zero-order chi connectivity index (χ0) is 14.8. The highest BCUT2D eigenvalue weighted by Gasteiger charge is 2.07. The molecule has 1 aromatic rings. The van der Waals surface area contributed by atoms with Gasteiger partial charge in [-0.25, -0.2) is 4.79 Å². The van der Waals surface area contributed by atoms with Gasteiger partial charge in [0.25, 0.3) is 5.91 Å². The van der Waals surface area contributed by atoms with Crippen molar-refractivity contribution in [2.24, 2.45) is 0 Å². The maximum absolute atomic E-state index is 11.8. The fraction of sp³-hybridized carbons (Fsp3) is 0.429. The van der Waals surface area contributed by atoms with E-state index in [1.807, 2.05) is 0 Å². The second-order valence-corrected chi connectivity index (χ2v) is 5.07. The Bertz CT molecular complexity index is 467. The highest BCUT2D eigenvalue weighted by Crippen LogP contribution is 2.16. The van der Waals surface area contributed by atoms with Crippen LogP contribution in [0.4, 0.5) is 0 Å². The van der Waals surface area contributed by atoms with Gasteiger partial charge in [-0.2, -0.15) is 0 Å². The average Bonchev–Trinajstić information content (AvgIpc) is 2.89. The largest absolute Gasteiger partial charge is 0.478 e. The topological polar surface area (TPSA) is 75.6 Å². The number of ether oxygens (including phenoxy) is 1. The monoisotopic (exact) mass is 297 g/mol. The Morgan fingerprint density at radius 1 is 1.45 bits per heavy atom. The lowest BCUT2D eigenvalue weighted by molar-refractivity contribution is -0.131. The summed E-state index contributed by atoms with van der Waals surface area (Å²) in [4.78, 5) is 22.9. The van der Waals surface area contributed by atoms with Crippen LogP contribution in [0.3, 0.4) is 0 Å². The molecule has 0 saturated carbocycles. The van der Waals surface area contributed by atoms with Gasteiger partial charge in [-0.15, -0.1) is 11.3 Å². The third-order valence-electron chi connectivity index (χ3n) is 2.45. The molecule has 0 aliphatic heterocycles. The molecule has 5 nitrogen and oxygen atoms in total. The number of amides is 1. The summed E-state index contributed by atoms with van der Waals surface area (Å²) in [5.41, 5.74) is 0.536. The third-order valence-corrected chi connectivity index (χ3v) is 3.34. The first kappa shape index (κ1) is 16.4. The number of aliphatic carboxylic acids is 1. The minimum absolute atomic E-state index is 0.171. The minimum atomic E-state index is -1.01. The predicted octanol–water partition coefficient (Wildman–Crippen LogP) is 2.39. The molecular weight excluding hydrogens is 278 g/mol. The molecule has 1 aromatic heterocycles. The van der Waals surface area contributed by atoms with Gasteiger partial charge in [-0.1, -0.05) is 13.3 Å². The number of hydrogen-bond donors (Lipinski definition) is 2. The highest BCUT2D eigenvalue weighted by molar-refractivity contribution is 7.11. The van der Waals surface area contributed by atoms with Crippen LogP contribution in [0.5, 0.6) is 0 Å². The summed E-state index contributed by atoms with van der Waals surface area (Å²) in [5, 5.41) is 13.0. The van der Waals surface area contributed by atoms with E-state index in [1.54, 1.807) is 11.4 Å². The maximum atomic E-state index is 11.8. The van der Waals surface area contributed by atoms with Crippen LogP contribution in [0.1, 0.15) is 35.0 Å². The number of rotatable bonds is 9. The number of nitrogens with one attached hydrogen (secondary N) is 1. The molecule has 0 spiro atoms. The van der Waals surface area contributed by atoms with Gasteiger partial charge >= 0.3 is 5.97 Å². The molecule has 0 radical (unpaired) electrons. The number of carboxylic acid groups (broad SMARTS) is 1. The fourth-order valence-electron chi connectivity index (χ4n) is 1.40. The van der Waals surface area contributed by atoms with Gasteiger partial charge in [-0.05, 0) is 18.6 Å². The van der Waals surface area contributed by atoms with Crippen LogP contribution in [0.25, 0.3) is 6.08 Å². The number of carbonyl (C=O) groups is 2. The molecule has 1 heterocycles. The van der Waals surface area contributed by atoms with Crippen molar-refractivity contribution < 1.29 is 19.4 Å². The van der Waals surface area contributed by atoms with Crippen molar-refractivity contribution in [3.63, 3.8) is 0 Å². The number of unbranched alkanes of at least 4 members (excludes halogenated alkanes) is 1. The normalized spacial score (nSPS) is 10.8. The molecule has 0 bridgehead atoms. The van der Waals surface area contributed by atoms with Crippen molar-refractivity contribution in [2.75, 3.05) is 19.8 Å². The summed E-state index contributed by atoms with van der Waals surface area (Å²) >= 11 is 1.33.